The largest absolute Gasteiger partial charge is 0.491 e. The molecule has 1 heterocycles. The van der Waals surface area contributed by atoms with Crippen molar-refractivity contribution in [2.75, 3.05) is 6.61 Å². The molecule has 1 N–H and O–H groups in total. The maximum Gasteiger partial charge on any atom is 0.125 e. The molecule has 5 heteroatoms. The minimum absolute atomic E-state index is 0.0824. The summed E-state index contributed by atoms with van der Waals surface area (Å²) < 4.78 is 7.51. The van der Waals surface area contributed by atoms with E-state index < -0.39 is 0 Å². The summed E-state index contributed by atoms with van der Waals surface area (Å²) in [6.45, 7) is 1.15. The molecule has 0 aliphatic carbocycles. The van der Waals surface area contributed by atoms with Crippen molar-refractivity contribution in [3.8, 4) is 5.75 Å². The third kappa shape index (κ3) is 3.22. The van der Waals surface area contributed by atoms with E-state index in [-0.39, 0.29) is 6.61 Å². The maximum absolute atomic E-state index is 9.17. The van der Waals surface area contributed by atoms with Gasteiger partial charge in [0.2, 0.25) is 0 Å². The van der Waals surface area contributed by atoms with Gasteiger partial charge < -0.3 is 14.4 Å². The van der Waals surface area contributed by atoms with Gasteiger partial charge in [0.1, 0.15) is 12.4 Å². The summed E-state index contributed by atoms with van der Waals surface area (Å²) in [6, 6.07) is 5.21. The maximum atomic E-state index is 9.17. The van der Waals surface area contributed by atoms with Crippen LogP contribution in [0.5, 0.6) is 5.75 Å². The Hall–Kier alpha value is -1.52. The van der Waals surface area contributed by atoms with Gasteiger partial charge in [0.05, 0.1) is 19.5 Å². The topological polar surface area (TPSA) is 47.3 Å². The Bertz CT molecular complexity index is 471. The van der Waals surface area contributed by atoms with Crippen LogP contribution >= 0.6 is 11.6 Å². The zero-order valence-corrected chi connectivity index (χ0v) is 9.97. The van der Waals surface area contributed by atoms with E-state index in [2.05, 4.69) is 4.98 Å². The molecule has 0 atom stereocenters. The number of aliphatic hydroxyl groups is 1. The number of aromatic nitrogens is 2. The Morgan fingerprint density at radius 2 is 2.29 bits per heavy atom. The van der Waals surface area contributed by atoms with Crippen LogP contribution in [0.2, 0.25) is 5.02 Å². The molecular formula is C12H13ClN2O2. The predicted molar refractivity (Wildman–Crippen MR) is 65.1 cm³/mol. The Kier molecular flexibility index (Phi) is 4.01. The summed E-state index contributed by atoms with van der Waals surface area (Å²) in [5.74, 6) is 0.664. The van der Waals surface area contributed by atoms with Crippen LogP contribution in [0.15, 0.2) is 36.9 Å². The van der Waals surface area contributed by atoms with E-state index in [0.717, 1.165) is 0 Å². The molecule has 0 unspecified atom stereocenters. The van der Waals surface area contributed by atoms with Gasteiger partial charge in [0.15, 0.2) is 0 Å². The fourth-order valence-corrected chi connectivity index (χ4v) is 1.69. The van der Waals surface area contributed by atoms with E-state index >= 15 is 0 Å². The number of benzene rings is 1. The first-order chi connectivity index (χ1) is 8.29. The van der Waals surface area contributed by atoms with Crippen LogP contribution in [0.3, 0.4) is 0 Å². The molecule has 0 saturated carbocycles. The number of hydrogen-bond acceptors (Lipinski definition) is 3. The Balaban J connectivity index is 1.94. The number of imidazole rings is 1. The van der Waals surface area contributed by atoms with Crippen LogP contribution in [-0.2, 0) is 13.2 Å². The number of hydrogen-bond donors (Lipinski definition) is 1. The zero-order chi connectivity index (χ0) is 12.1. The van der Waals surface area contributed by atoms with Crippen molar-refractivity contribution < 1.29 is 9.84 Å². The van der Waals surface area contributed by atoms with Crippen molar-refractivity contribution in [1.29, 1.82) is 0 Å². The molecule has 0 aliphatic heterocycles. The van der Waals surface area contributed by atoms with E-state index in [9.17, 15) is 5.11 Å². The number of ether oxygens (including phenoxy) is 1. The van der Waals surface area contributed by atoms with Gasteiger partial charge in [-0.25, -0.2) is 4.98 Å². The quantitative estimate of drug-likeness (QED) is 0.887. The van der Waals surface area contributed by atoms with Crippen LogP contribution < -0.4 is 4.74 Å². The lowest BCUT2D eigenvalue weighted by molar-refractivity contribution is 0.258. The van der Waals surface area contributed by atoms with Crippen molar-refractivity contribution >= 4 is 11.6 Å². The first-order valence-corrected chi connectivity index (χ1v) is 5.65. The summed E-state index contributed by atoms with van der Waals surface area (Å²) in [6.07, 6.45) is 5.33. The first kappa shape index (κ1) is 12.0. The van der Waals surface area contributed by atoms with E-state index in [1.54, 1.807) is 30.7 Å². The zero-order valence-electron chi connectivity index (χ0n) is 9.21. The summed E-state index contributed by atoms with van der Waals surface area (Å²) >= 11 is 5.83. The third-order valence-electron chi connectivity index (χ3n) is 2.36. The minimum Gasteiger partial charge on any atom is -0.491 e. The second-order valence-corrected chi connectivity index (χ2v) is 4.00. The van der Waals surface area contributed by atoms with Crippen LogP contribution in [0.25, 0.3) is 0 Å². The average molecular weight is 253 g/mol. The molecule has 90 valence electrons. The number of aliphatic hydroxyl groups excluding tert-OH is 1. The summed E-state index contributed by atoms with van der Waals surface area (Å²) in [5.41, 5.74) is 0.697. The lowest BCUT2D eigenvalue weighted by atomic mass is 10.2. The van der Waals surface area contributed by atoms with Crippen LogP contribution in [0.1, 0.15) is 5.56 Å². The molecule has 0 amide bonds. The molecule has 0 saturated heterocycles. The molecular weight excluding hydrogens is 240 g/mol. The summed E-state index contributed by atoms with van der Waals surface area (Å²) in [5, 5.41) is 9.77. The minimum atomic E-state index is -0.0824. The fraction of sp³-hybridized carbons (Fsp3) is 0.250. The molecule has 2 aromatic rings. The highest BCUT2D eigenvalue weighted by molar-refractivity contribution is 6.30. The Morgan fingerprint density at radius 1 is 1.41 bits per heavy atom. The first-order valence-electron chi connectivity index (χ1n) is 5.27. The Morgan fingerprint density at radius 3 is 3.00 bits per heavy atom. The van der Waals surface area contributed by atoms with Crippen molar-refractivity contribution in [3.63, 3.8) is 0 Å². The van der Waals surface area contributed by atoms with Crippen molar-refractivity contribution in [1.82, 2.24) is 9.55 Å². The normalized spacial score (nSPS) is 10.5. The number of nitrogens with zero attached hydrogens (tertiary/aromatic N) is 2. The van der Waals surface area contributed by atoms with E-state index in [1.165, 1.54) is 0 Å². The van der Waals surface area contributed by atoms with Gasteiger partial charge in [-0.1, -0.05) is 11.6 Å². The number of halogens is 1. The van der Waals surface area contributed by atoms with Gasteiger partial charge in [-0.05, 0) is 18.2 Å². The van der Waals surface area contributed by atoms with Gasteiger partial charge >= 0.3 is 0 Å². The summed E-state index contributed by atoms with van der Waals surface area (Å²) in [7, 11) is 0. The molecule has 1 aromatic carbocycles. The van der Waals surface area contributed by atoms with Gasteiger partial charge in [-0.3, -0.25) is 0 Å². The van der Waals surface area contributed by atoms with Crippen LogP contribution in [0.4, 0.5) is 0 Å². The lowest BCUT2D eigenvalue weighted by Gasteiger charge is -2.10. The highest BCUT2D eigenvalue weighted by atomic mass is 35.5. The molecule has 0 radical (unpaired) electrons. The summed E-state index contributed by atoms with van der Waals surface area (Å²) in [4.78, 5) is 3.94. The fourth-order valence-electron chi connectivity index (χ4n) is 1.49. The predicted octanol–water partition coefficient (Wildman–Crippen LogP) is 2.11. The molecule has 0 aliphatic rings. The lowest BCUT2D eigenvalue weighted by Crippen LogP contribution is -2.07. The van der Waals surface area contributed by atoms with E-state index in [1.807, 2.05) is 10.8 Å². The van der Waals surface area contributed by atoms with Crippen LogP contribution in [0, 0.1) is 0 Å². The highest BCUT2D eigenvalue weighted by Crippen LogP contribution is 2.22. The van der Waals surface area contributed by atoms with Crippen molar-refractivity contribution in [2.24, 2.45) is 0 Å². The second kappa shape index (κ2) is 5.70. The van der Waals surface area contributed by atoms with Gasteiger partial charge in [-0.15, -0.1) is 0 Å². The Labute approximate surface area is 104 Å². The van der Waals surface area contributed by atoms with E-state index in [0.29, 0.717) is 29.5 Å². The molecule has 4 nitrogen and oxygen atoms in total. The highest BCUT2D eigenvalue weighted by Gasteiger charge is 2.03. The average Bonchev–Trinajstić information content (AvgIpc) is 2.84. The molecule has 0 spiro atoms. The second-order valence-electron chi connectivity index (χ2n) is 3.56. The van der Waals surface area contributed by atoms with Gasteiger partial charge in [0, 0.05) is 23.0 Å². The molecule has 0 bridgehead atoms. The standard InChI is InChI=1S/C12H13ClN2O2/c13-11-1-2-12(10(7-11)8-16)17-6-5-15-4-3-14-9-15/h1-4,7,9,16H,5-6,8H2. The van der Waals surface area contributed by atoms with Crippen molar-refractivity contribution in [3.05, 3.63) is 47.5 Å². The van der Waals surface area contributed by atoms with Gasteiger partial charge in [0.25, 0.3) is 0 Å². The monoisotopic (exact) mass is 252 g/mol. The molecule has 1 aromatic heterocycles. The molecule has 0 fully saturated rings. The smallest absolute Gasteiger partial charge is 0.125 e. The van der Waals surface area contributed by atoms with Gasteiger partial charge in [-0.2, -0.15) is 0 Å². The third-order valence-corrected chi connectivity index (χ3v) is 2.59. The van der Waals surface area contributed by atoms with Crippen molar-refractivity contribution in [2.45, 2.75) is 13.2 Å². The number of rotatable bonds is 5. The van der Waals surface area contributed by atoms with E-state index in [4.69, 9.17) is 16.3 Å². The van der Waals surface area contributed by atoms with Crippen LogP contribution in [-0.4, -0.2) is 21.3 Å². The molecule has 2 rings (SSSR count). The SMILES string of the molecule is OCc1cc(Cl)ccc1OCCn1ccnc1. The molecule has 17 heavy (non-hydrogen) atoms.